The van der Waals surface area contributed by atoms with Crippen molar-refractivity contribution in [3.05, 3.63) is 0 Å². The summed E-state index contributed by atoms with van der Waals surface area (Å²) in [4.78, 5) is 0. The Balaban J connectivity index is 0.000000980. The van der Waals surface area contributed by atoms with E-state index in [2.05, 4.69) is 19.2 Å². The fourth-order valence-corrected chi connectivity index (χ4v) is 2.02. The second kappa shape index (κ2) is 4.79. The molecule has 0 spiro atoms. The lowest BCUT2D eigenvalue weighted by Gasteiger charge is -2.41. The summed E-state index contributed by atoms with van der Waals surface area (Å²) in [6, 6.07) is 0. The monoisotopic (exact) mass is 221 g/mol. The van der Waals surface area contributed by atoms with E-state index in [9.17, 15) is 0 Å². The van der Waals surface area contributed by atoms with Crippen molar-refractivity contribution in [1.82, 2.24) is 5.32 Å². The van der Waals surface area contributed by atoms with Gasteiger partial charge in [0.15, 0.2) is 0 Å². The van der Waals surface area contributed by atoms with E-state index >= 15 is 0 Å². The molecule has 4 heteroatoms. The maximum absolute atomic E-state index is 5.83. The van der Waals surface area contributed by atoms with Crippen molar-refractivity contribution in [1.29, 1.82) is 0 Å². The van der Waals surface area contributed by atoms with E-state index in [1.54, 1.807) is 0 Å². The van der Waals surface area contributed by atoms with Crippen LogP contribution in [-0.2, 0) is 9.47 Å². The van der Waals surface area contributed by atoms with E-state index in [-0.39, 0.29) is 24.2 Å². The molecule has 0 radical (unpaired) electrons. The predicted octanol–water partition coefficient (Wildman–Crippen LogP) is 1.56. The Labute approximate surface area is 91.9 Å². The Morgan fingerprint density at radius 2 is 2.21 bits per heavy atom. The van der Waals surface area contributed by atoms with Crippen molar-refractivity contribution >= 4 is 12.4 Å². The molecule has 84 valence electrons. The van der Waals surface area contributed by atoms with Crippen molar-refractivity contribution in [2.75, 3.05) is 19.8 Å². The molecule has 0 saturated carbocycles. The lowest BCUT2D eigenvalue weighted by molar-refractivity contribution is -0.166. The van der Waals surface area contributed by atoms with Gasteiger partial charge in [-0.2, -0.15) is 0 Å². The van der Waals surface area contributed by atoms with Gasteiger partial charge in [0.1, 0.15) is 5.72 Å². The smallest absolute Gasteiger partial charge is 0.142 e. The number of hydrogen-bond acceptors (Lipinski definition) is 3. The first-order valence-corrected chi connectivity index (χ1v) is 5.21. The molecule has 0 aromatic carbocycles. The maximum atomic E-state index is 5.83. The van der Waals surface area contributed by atoms with Crippen molar-refractivity contribution < 1.29 is 9.47 Å². The topological polar surface area (TPSA) is 30.5 Å². The highest BCUT2D eigenvalue weighted by Gasteiger charge is 2.40. The highest BCUT2D eigenvalue weighted by Crippen LogP contribution is 2.27. The molecule has 1 N–H and O–H groups in total. The fourth-order valence-electron chi connectivity index (χ4n) is 2.02. The minimum absolute atomic E-state index is 0. The number of halogens is 1. The largest absolute Gasteiger partial charge is 0.374 e. The minimum atomic E-state index is -0.233. The number of hydrogen-bond donors (Lipinski definition) is 1. The van der Waals surface area contributed by atoms with Gasteiger partial charge in [0.2, 0.25) is 0 Å². The Hall–Kier alpha value is 0.170. The van der Waals surface area contributed by atoms with Crippen molar-refractivity contribution in [2.24, 2.45) is 5.92 Å². The van der Waals surface area contributed by atoms with Gasteiger partial charge in [0.05, 0.1) is 12.7 Å². The summed E-state index contributed by atoms with van der Waals surface area (Å²) in [5.74, 6) is 0.620. The van der Waals surface area contributed by atoms with Crippen LogP contribution in [-0.4, -0.2) is 31.6 Å². The van der Waals surface area contributed by atoms with E-state index in [0.717, 1.165) is 26.2 Å². The second-order valence-corrected chi connectivity index (χ2v) is 4.41. The molecule has 0 aromatic rings. The molecule has 3 unspecified atom stereocenters. The van der Waals surface area contributed by atoms with Gasteiger partial charge in [-0.15, -0.1) is 12.4 Å². The number of ether oxygens (including phenoxy) is 2. The van der Waals surface area contributed by atoms with Gasteiger partial charge in [-0.05, 0) is 25.7 Å². The molecule has 2 fully saturated rings. The van der Waals surface area contributed by atoms with Crippen LogP contribution in [0.15, 0.2) is 0 Å². The number of nitrogens with one attached hydrogen (secondary N) is 1. The van der Waals surface area contributed by atoms with Crippen molar-refractivity contribution in [3.63, 3.8) is 0 Å². The van der Waals surface area contributed by atoms with Gasteiger partial charge >= 0.3 is 0 Å². The summed E-state index contributed by atoms with van der Waals surface area (Å²) >= 11 is 0. The zero-order valence-corrected chi connectivity index (χ0v) is 9.73. The molecular weight excluding hydrogens is 202 g/mol. The van der Waals surface area contributed by atoms with E-state index in [4.69, 9.17) is 9.47 Å². The normalized spacial score (nSPS) is 43.3. The molecule has 14 heavy (non-hydrogen) atoms. The van der Waals surface area contributed by atoms with Crippen LogP contribution in [0.4, 0.5) is 0 Å². The summed E-state index contributed by atoms with van der Waals surface area (Å²) < 4.78 is 11.5. The van der Waals surface area contributed by atoms with Gasteiger partial charge in [0, 0.05) is 13.2 Å². The van der Waals surface area contributed by atoms with E-state index in [1.165, 1.54) is 6.42 Å². The fraction of sp³-hybridized carbons (Fsp3) is 1.00. The molecule has 2 rings (SSSR count). The first kappa shape index (κ1) is 12.2. The lowest BCUT2D eigenvalue weighted by Crippen LogP contribution is -2.59. The Kier molecular flexibility index (Phi) is 4.19. The van der Waals surface area contributed by atoms with Gasteiger partial charge in [-0.1, -0.05) is 6.92 Å². The molecule has 2 aliphatic rings. The molecule has 3 nitrogen and oxygen atoms in total. The van der Waals surface area contributed by atoms with Crippen LogP contribution >= 0.6 is 12.4 Å². The quantitative estimate of drug-likeness (QED) is 0.729. The SMILES string of the molecule is CC1CNC(C)(C2CCCO2)OC1.Cl. The molecule has 0 aliphatic carbocycles. The lowest BCUT2D eigenvalue weighted by atomic mass is 10.0. The van der Waals surface area contributed by atoms with Crippen LogP contribution in [0, 0.1) is 5.92 Å². The average molecular weight is 222 g/mol. The first-order valence-electron chi connectivity index (χ1n) is 5.21. The molecule has 2 saturated heterocycles. The summed E-state index contributed by atoms with van der Waals surface area (Å²) in [6.07, 6.45) is 2.54. The summed E-state index contributed by atoms with van der Waals surface area (Å²) in [6.45, 7) is 7.08. The molecule has 0 bridgehead atoms. The molecule has 2 heterocycles. The molecule has 2 aliphatic heterocycles. The van der Waals surface area contributed by atoms with Crippen LogP contribution in [0.3, 0.4) is 0 Å². The zero-order chi connectivity index (χ0) is 9.31. The minimum Gasteiger partial charge on any atom is -0.374 e. The summed E-state index contributed by atoms with van der Waals surface area (Å²) in [5, 5.41) is 3.44. The molecule has 3 atom stereocenters. The van der Waals surface area contributed by atoms with E-state index in [0.29, 0.717) is 5.92 Å². The average Bonchev–Trinajstić information content (AvgIpc) is 2.63. The van der Waals surface area contributed by atoms with Crippen LogP contribution in [0.25, 0.3) is 0 Å². The van der Waals surface area contributed by atoms with Crippen molar-refractivity contribution in [2.45, 2.75) is 38.5 Å². The third kappa shape index (κ3) is 2.40. The predicted molar refractivity (Wildman–Crippen MR) is 57.7 cm³/mol. The van der Waals surface area contributed by atoms with E-state index in [1.807, 2.05) is 0 Å². The second-order valence-electron chi connectivity index (χ2n) is 4.41. The van der Waals surface area contributed by atoms with E-state index < -0.39 is 0 Å². The number of rotatable bonds is 1. The van der Waals surface area contributed by atoms with Crippen molar-refractivity contribution in [3.8, 4) is 0 Å². The summed E-state index contributed by atoms with van der Waals surface area (Å²) in [5.41, 5.74) is -0.233. The van der Waals surface area contributed by atoms with Crippen LogP contribution in [0.5, 0.6) is 0 Å². The third-order valence-electron chi connectivity index (χ3n) is 3.01. The molecule has 0 aromatic heterocycles. The van der Waals surface area contributed by atoms with Gasteiger partial charge in [0.25, 0.3) is 0 Å². The van der Waals surface area contributed by atoms with Gasteiger partial charge < -0.3 is 9.47 Å². The van der Waals surface area contributed by atoms with Crippen LogP contribution in [0.2, 0.25) is 0 Å². The zero-order valence-electron chi connectivity index (χ0n) is 8.91. The van der Waals surface area contributed by atoms with Crippen LogP contribution in [0.1, 0.15) is 26.7 Å². The highest BCUT2D eigenvalue weighted by atomic mass is 35.5. The Morgan fingerprint density at radius 3 is 2.71 bits per heavy atom. The van der Waals surface area contributed by atoms with Gasteiger partial charge in [-0.25, -0.2) is 0 Å². The molecular formula is C10H20ClNO2. The van der Waals surface area contributed by atoms with Gasteiger partial charge in [-0.3, -0.25) is 5.32 Å². The molecule has 0 amide bonds. The maximum Gasteiger partial charge on any atom is 0.142 e. The Morgan fingerprint density at radius 1 is 1.43 bits per heavy atom. The Bertz CT molecular complexity index is 175. The highest BCUT2D eigenvalue weighted by molar-refractivity contribution is 5.85. The van der Waals surface area contributed by atoms with Crippen LogP contribution < -0.4 is 5.32 Å². The first-order chi connectivity index (χ1) is 6.21. The standard InChI is InChI=1S/C10H19NO2.ClH/c1-8-6-11-10(2,13-7-8)9-4-3-5-12-9;/h8-9,11H,3-7H2,1-2H3;1H. The third-order valence-corrected chi connectivity index (χ3v) is 3.01. The summed E-state index contributed by atoms with van der Waals surface area (Å²) in [7, 11) is 0.